The molecule has 0 spiro atoms. The van der Waals surface area contributed by atoms with Crippen molar-refractivity contribution in [2.45, 2.75) is 25.7 Å². The number of nitrogens with one attached hydrogen (secondary N) is 1. The number of methoxy groups -OCH3 is 1. The van der Waals surface area contributed by atoms with Gasteiger partial charge in [-0.3, -0.25) is 9.59 Å². The second kappa shape index (κ2) is 8.76. The summed E-state index contributed by atoms with van der Waals surface area (Å²) in [6.07, 6.45) is 8.18. The molecule has 106 valence electrons. The van der Waals surface area contributed by atoms with Gasteiger partial charge in [-0.2, -0.15) is 0 Å². The van der Waals surface area contributed by atoms with Crippen molar-refractivity contribution in [2.75, 3.05) is 13.7 Å². The first-order valence-corrected chi connectivity index (χ1v) is 6.59. The van der Waals surface area contributed by atoms with Gasteiger partial charge >= 0.3 is 5.97 Å². The fourth-order valence-corrected chi connectivity index (χ4v) is 1.69. The number of terminal acetylenes is 1. The number of unbranched alkanes of at least 4 members (excludes halogenated alkanes) is 2. The van der Waals surface area contributed by atoms with Crippen LogP contribution in [0.25, 0.3) is 0 Å². The van der Waals surface area contributed by atoms with Gasteiger partial charge in [0.2, 0.25) is 0 Å². The SMILES string of the molecule is C#Cc1ccc(C(=O)NCCCCCC(=O)OC)cc1. The lowest BCUT2D eigenvalue weighted by atomic mass is 10.1. The molecular weight excluding hydrogens is 254 g/mol. The maximum atomic E-state index is 11.8. The fraction of sp³-hybridized carbons (Fsp3) is 0.375. The van der Waals surface area contributed by atoms with Crippen LogP contribution < -0.4 is 5.32 Å². The van der Waals surface area contributed by atoms with Gasteiger partial charge in [0.1, 0.15) is 0 Å². The maximum absolute atomic E-state index is 11.8. The van der Waals surface area contributed by atoms with E-state index in [1.165, 1.54) is 7.11 Å². The maximum Gasteiger partial charge on any atom is 0.305 e. The first-order chi connectivity index (χ1) is 9.67. The van der Waals surface area contributed by atoms with Crippen LogP contribution in [0.15, 0.2) is 24.3 Å². The average molecular weight is 273 g/mol. The van der Waals surface area contributed by atoms with Crippen LogP contribution in [0.5, 0.6) is 0 Å². The zero-order valence-corrected chi connectivity index (χ0v) is 11.6. The first-order valence-electron chi connectivity index (χ1n) is 6.59. The third-order valence-electron chi connectivity index (χ3n) is 2.88. The van der Waals surface area contributed by atoms with Gasteiger partial charge in [-0.25, -0.2) is 0 Å². The Bertz CT molecular complexity index is 485. The predicted octanol–water partition coefficient (Wildman–Crippen LogP) is 2.13. The molecule has 4 nitrogen and oxygen atoms in total. The summed E-state index contributed by atoms with van der Waals surface area (Å²) >= 11 is 0. The van der Waals surface area contributed by atoms with Crippen LogP contribution in [0.1, 0.15) is 41.6 Å². The molecule has 0 aliphatic rings. The minimum Gasteiger partial charge on any atom is -0.469 e. The van der Waals surface area contributed by atoms with Crippen molar-refractivity contribution >= 4 is 11.9 Å². The summed E-state index contributed by atoms with van der Waals surface area (Å²) in [5.74, 6) is 2.20. The second-order valence-electron chi connectivity index (χ2n) is 4.36. The molecule has 1 amide bonds. The highest BCUT2D eigenvalue weighted by atomic mass is 16.5. The third-order valence-corrected chi connectivity index (χ3v) is 2.88. The average Bonchev–Trinajstić information content (AvgIpc) is 2.50. The molecule has 0 aliphatic carbocycles. The molecule has 0 unspecified atom stereocenters. The Morgan fingerprint density at radius 2 is 1.90 bits per heavy atom. The molecule has 1 aromatic rings. The number of benzene rings is 1. The minimum absolute atomic E-state index is 0.110. The molecule has 0 saturated carbocycles. The van der Waals surface area contributed by atoms with Gasteiger partial charge in [0, 0.05) is 24.1 Å². The van der Waals surface area contributed by atoms with Gasteiger partial charge in [-0.1, -0.05) is 12.3 Å². The molecule has 1 rings (SSSR count). The normalized spacial score (nSPS) is 9.60. The Kier molecular flexibility index (Phi) is 6.91. The Morgan fingerprint density at radius 1 is 1.20 bits per heavy atom. The lowest BCUT2D eigenvalue weighted by Crippen LogP contribution is -2.24. The molecule has 1 N–H and O–H groups in total. The Labute approximate surface area is 119 Å². The fourth-order valence-electron chi connectivity index (χ4n) is 1.69. The zero-order chi connectivity index (χ0) is 14.8. The molecular formula is C16H19NO3. The van der Waals surface area contributed by atoms with Gasteiger partial charge in [-0.05, 0) is 37.1 Å². The molecule has 1 aromatic carbocycles. The molecule has 4 heteroatoms. The number of hydrogen-bond donors (Lipinski definition) is 1. The molecule has 0 radical (unpaired) electrons. The molecule has 0 fully saturated rings. The van der Waals surface area contributed by atoms with E-state index >= 15 is 0 Å². The highest BCUT2D eigenvalue weighted by Crippen LogP contribution is 2.04. The summed E-state index contributed by atoms with van der Waals surface area (Å²) in [5, 5.41) is 2.83. The van der Waals surface area contributed by atoms with Crippen LogP contribution in [0.2, 0.25) is 0 Å². The molecule has 0 aliphatic heterocycles. The number of esters is 1. The monoisotopic (exact) mass is 273 g/mol. The second-order valence-corrected chi connectivity index (χ2v) is 4.36. The van der Waals surface area contributed by atoms with E-state index in [0.717, 1.165) is 24.8 Å². The Hall–Kier alpha value is -2.28. The van der Waals surface area contributed by atoms with Crippen LogP contribution in [-0.2, 0) is 9.53 Å². The molecule has 0 bridgehead atoms. The number of ether oxygens (including phenoxy) is 1. The largest absolute Gasteiger partial charge is 0.469 e. The molecule has 0 heterocycles. The van der Waals surface area contributed by atoms with Gasteiger partial charge in [0.25, 0.3) is 5.91 Å². The zero-order valence-electron chi connectivity index (χ0n) is 11.6. The number of carbonyl (C=O) groups is 2. The number of carbonyl (C=O) groups excluding carboxylic acids is 2. The van der Waals surface area contributed by atoms with Crippen molar-refractivity contribution in [1.82, 2.24) is 5.32 Å². The standard InChI is InChI=1S/C16H19NO3/c1-3-13-8-10-14(11-9-13)16(19)17-12-6-4-5-7-15(18)20-2/h1,8-11H,4-7,12H2,2H3,(H,17,19). The number of hydrogen-bond acceptors (Lipinski definition) is 3. The number of amides is 1. The topological polar surface area (TPSA) is 55.4 Å². The first kappa shape index (κ1) is 15.8. The van der Waals surface area contributed by atoms with Crippen molar-refractivity contribution in [2.24, 2.45) is 0 Å². The van der Waals surface area contributed by atoms with E-state index in [9.17, 15) is 9.59 Å². The van der Waals surface area contributed by atoms with Crippen molar-refractivity contribution in [3.8, 4) is 12.3 Å². The number of rotatable bonds is 7. The summed E-state index contributed by atoms with van der Waals surface area (Å²) in [5.41, 5.74) is 1.35. The van der Waals surface area contributed by atoms with Crippen molar-refractivity contribution in [3.63, 3.8) is 0 Å². The lowest BCUT2D eigenvalue weighted by molar-refractivity contribution is -0.140. The highest BCUT2D eigenvalue weighted by Gasteiger charge is 2.04. The van der Waals surface area contributed by atoms with Crippen molar-refractivity contribution in [3.05, 3.63) is 35.4 Å². The van der Waals surface area contributed by atoms with E-state index in [1.807, 2.05) is 0 Å². The Balaban J connectivity index is 2.20. The summed E-state index contributed by atoms with van der Waals surface area (Å²) in [6, 6.07) is 6.90. The van der Waals surface area contributed by atoms with Crippen LogP contribution in [0.3, 0.4) is 0 Å². The highest BCUT2D eigenvalue weighted by molar-refractivity contribution is 5.94. The van der Waals surface area contributed by atoms with E-state index < -0.39 is 0 Å². The smallest absolute Gasteiger partial charge is 0.305 e. The van der Waals surface area contributed by atoms with Gasteiger partial charge in [0.05, 0.1) is 7.11 Å². The third kappa shape index (κ3) is 5.57. The molecule has 0 saturated heterocycles. The van der Waals surface area contributed by atoms with Crippen molar-refractivity contribution in [1.29, 1.82) is 0 Å². The van der Waals surface area contributed by atoms with E-state index in [-0.39, 0.29) is 11.9 Å². The summed E-state index contributed by atoms with van der Waals surface area (Å²) < 4.78 is 4.55. The van der Waals surface area contributed by atoms with Gasteiger partial charge < -0.3 is 10.1 Å². The van der Waals surface area contributed by atoms with Crippen molar-refractivity contribution < 1.29 is 14.3 Å². The van der Waals surface area contributed by atoms with Crippen LogP contribution in [-0.4, -0.2) is 25.5 Å². The summed E-state index contributed by atoms with van der Waals surface area (Å²) in [6.45, 7) is 0.594. The predicted molar refractivity (Wildman–Crippen MR) is 77.2 cm³/mol. The molecule has 0 aromatic heterocycles. The Morgan fingerprint density at radius 3 is 2.50 bits per heavy atom. The van der Waals surface area contributed by atoms with E-state index in [0.29, 0.717) is 18.5 Å². The molecule has 20 heavy (non-hydrogen) atoms. The van der Waals surface area contributed by atoms with E-state index in [1.54, 1.807) is 24.3 Å². The van der Waals surface area contributed by atoms with Crippen LogP contribution >= 0.6 is 0 Å². The van der Waals surface area contributed by atoms with E-state index in [4.69, 9.17) is 6.42 Å². The summed E-state index contributed by atoms with van der Waals surface area (Å²) in [7, 11) is 1.38. The van der Waals surface area contributed by atoms with E-state index in [2.05, 4.69) is 16.0 Å². The van der Waals surface area contributed by atoms with Gasteiger partial charge in [-0.15, -0.1) is 6.42 Å². The quantitative estimate of drug-likeness (QED) is 0.470. The lowest BCUT2D eigenvalue weighted by Gasteiger charge is -2.05. The summed E-state index contributed by atoms with van der Waals surface area (Å²) in [4.78, 5) is 22.7. The van der Waals surface area contributed by atoms with Crippen LogP contribution in [0, 0.1) is 12.3 Å². The van der Waals surface area contributed by atoms with Crippen LogP contribution in [0.4, 0.5) is 0 Å². The van der Waals surface area contributed by atoms with Gasteiger partial charge in [0.15, 0.2) is 0 Å². The minimum atomic E-state index is -0.192. The molecule has 0 atom stereocenters.